The van der Waals surface area contributed by atoms with Gasteiger partial charge in [0.15, 0.2) is 0 Å². The number of rotatable bonds is 4. The van der Waals surface area contributed by atoms with Gasteiger partial charge in [0.1, 0.15) is 6.61 Å². The van der Waals surface area contributed by atoms with Crippen molar-refractivity contribution in [2.75, 3.05) is 13.2 Å². The van der Waals surface area contributed by atoms with E-state index in [9.17, 15) is 9.59 Å². The summed E-state index contributed by atoms with van der Waals surface area (Å²) in [5, 5.41) is 0. The van der Waals surface area contributed by atoms with Crippen molar-refractivity contribution >= 4 is 12.0 Å². The van der Waals surface area contributed by atoms with E-state index >= 15 is 0 Å². The Hall–Kier alpha value is -1.50. The zero-order valence-electron chi connectivity index (χ0n) is 5.24. The molecule has 0 heterocycles. The highest BCUT2D eigenvalue weighted by molar-refractivity contribution is 5.80. The van der Waals surface area contributed by atoms with Crippen LogP contribution in [0.15, 0.2) is 11.1 Å². The summed E-state index contributed by atoms with van der Waals surface area (Å²) in [5.74, 6) is -0.624. The summed E-state index contributed by atoms with van der Waals surface area (Å²) in [5.41, 5.74) is 0. The zero-order valence-corrected chi connectivity index (χ0v) is 5.24. The molecule has 0 aromatic carbocycles. The number of carbonyl (C=O) groups excluding carboxylic acids is 2. The van der Waals surface area contributed by atoms with Gasteiger partial charge in [-0.2, -0.15) is 0 Å². The average molecular weight is 140 g/mol. The van der Waals surface area contributed by atoms with Gasteiger partial charge in [0.2, 0.25) is 12.2 Å². The van der Waals surface area contributed by atoms with Crippen molar-refractivity contribution in [2.45, 2.75) is 0 Å². The van der Waals surface area contributed by atoms with Crippen LogP contribution in [0.3, 0.4) is 0 Å². The molecule has 0 unspecified atom stereocenters. The van der Waals surface area contributed by atoms with Gasteiger partial charge in [-0.15, -0.1) is 4.79 Å². The molecule has 0 aromatic rings. The van der Waals surface area contributed by atoms with Crippen molar-refractivity contribution in [3.63, 3.8) is 0 Å². The van der Waals surface area contributed by atoms with Crippen molar-refractivity contribution in [3.05, 3.63) is 12.7 Å². The summed E-state index contributed by atoms with van der Waals surface area (Å²) >= 11 is 0. The van der Waals surface area contributed by atoms with Gasteiger partial charge in [-0.3, -0.25) is 0 Å². The lowest BCUT2D eigenvalue weighted by Gasteiger charge is -1.86. The molecule has 0 aliphatic carbocycles. The highest BCUT2D eigenvalue weighted by atomic mass is 16.5. The van der Waals surface area contributed by atoms with Crippen LogP contribution in [0.5, 0.6) is 0 Å². The van der Waals surface area contributed by atoms with E-state index in [1.165, 1.54) is 6.08 Å². The van der Waals surface area contributed by atoms with E-state index in [2.05, 4.69) is 9.73 Å². The molecule has 0 aromatic heterocycles. The van der Waals surface area contributed by atoms with E-state index in [1.807, 2.05) is 0 Å². The quantitative estimate of drug-likeness (QED) is 0.136. The molecule has 0 saturated heterocycles. The summed E-state index contributed by atoms with van der Waals surface area (Å²) in [6, 6.07) is 0. The number of esters is 1. The molecule has 0 spiro atoms. The van der Waals surface area contributed by atoms with E-state index in [4.69, 9.17) is 6.58 Å². The topological polar surface area (TPSA) is 55.7 Å². The van der Waals surface area contributed by atoms with E-state index in [-0.39, 0.29) is 13.2 Å². The number of aliphatic imine (C=N–C) groups is 1. The fraction of sp³-hybridized carbons (Fsp3) is 0.333. The van der Waals surface area contributed by atoms with E-state index < -0.39 is 5.97 Å². The van der Waals surface area contributed by atoms with Crippen molar-refractivity contribution in [2.24, 2.45) is 4.99 Å². The Bertz CT molecular complexity index is 170. The highest BCUT2D eigenvalue weighted by Crippen LogP contribution is 1.78. The fourth-order valence-corrected chi connectivity index (χ4v) is 0.286. The Kier molecular flexibility index (Phi) is 4.79. The Balaban J connectivity index is 3.27. The molecule has 4 nitrogen and oxygen atoms in total. The maximum absolute atomic E-state index is 10.2. The lowest BCUT2D eigenvalue weighted by Crippen LogP contribution is -2.03. The molecule has 0 rings (SSSR count). The van der Waals surface area contributed by atoms with Gasteiger partial charge in [0.05, 0.1) is 13.1 Å². The molecule has 52 valence electrons. The summed E-state index contributed by atoms with van der Waals surface area (Å²) in [4.78, 5) is 22.8. The first-order valence-corrected chi connectivity index (χ1v) is 2.56. The van der Waals surface area contributed by atoms with Crippen LogP contribution in [0.1, 0.15) is 0 Å². The molecule has 0 aliphatic rings. The second kappa shape index (κ2) is 5.63. The number of hydrogen-bond acceptors (Lipinski definition) is 4. The Morgan fingerprint density at radius 1 is 1.80 bits per heavy atom. The lowest BCUT2D eigenvalue weighted by atomic mass is 10.6. The predicted octanol–water partition coefficient (Wildman–Crippen LogP) is -0.145. The second-order valence-electron chi connectivity index (χ2n) is 1.31. The number of ether oxygens (including phenoxy) is 1. The normalized spacial score (nSPS) is 7.50. The van der Waals surface area contributed by atoms with Crippen molar-refractivity contribution in [1.82, 2.24) is 0 Å². The minimum Gasteiger partial charge on any atom is -0.371 e. The van der Waals surface area contributed by atoms with Gasteiger partial charge in [0.25, 0.3) is 0 Å². The van der Waals surface area contributed by atoms with E-state index in [0.29, 0.717) is 0 Å². The zero-order chi connectivity index (χ0) is 7.82. The van der Waals surface area contributed by atoms with Crippen LogP contribution in [-0.2, 0) is 14.3 Å². The largest absolute Gasteiger partial charge is 0.484 e. The Morgan fingerprint density at radius 3 is 3.00 bits per heavy atom. The maximum atomic E-state index is 10.2. The molecule has 0 amide bonds. The van der Waals surface area contributed by atoms with Crippen molar-refractivity contribution in [1.29, 1.82) is 0 Å². The van der Waals surface area contributed by atoms with Crippen LogP contribution in [0, 0.1) is 6.58 Å². The van der Waals surface area contributed by atoms with Crippen molar-refractivity contribution in [3.8, 4) is 0 Å². The first kappa shape index (κ1) is 8.50. The standard InChI is InChI=1S/C6H6NO3/c1-2-6(9)10-4-3-7-5-8/h1-2H,3-4H2/q+1. The third-order valence-electron chi connectivity index (χ3n) is 0.648. The molecule has 10 heavy (non-hydrogen) atoms. The number of carbonyl (C=O) groups is 1. The molecule has 4 heteroatoms. The fourth-order valence-electron chi connectivity index (χ4n) is 0.286. The Morgan fingerprint density at radius 2 is 2.50 bits per heavy atom. The molecule has 0 radical (unpaired) electrons. The summed E-state index contributed by atoms with van der Waals surface area (Å²) in [6.45, 7) is 4.96. The summed E-state index contributed by atoms with van der Waals surface area (Å²) in [7, 11) is 0. The lowest BCUT2D eigenvalue weighted by molar-refractivity contribution is -0.137. The Labute approximate surface area is 58.2 Å². The van der Waals surface area contributed by atoms with E-state index in [0.717, 1.165) is 6.08 Å². The molecule has 0 aliphatic heterocycles. The molecule has 0 saturated carbocycles. The first-order chi connectivity index (χ1) is 4.81. The smallest absolute Gasteiger partial charge is 0.371 e. The number of nitrogens with zero attached hydrogens (tertiary/aromatic N) is 1. The maximum Gasteiger partial charge on any atom is 0.484 e. The minimum absolute atomic E-state index is 0.0573. The van der Waals surface area contributed by atoms with Gasteiger partial charge in [-0.1, -0.05) is 0 Å². The minimum atomic E-state index is -0.624. The second-order valence-corrected chi connectivity index (χ2v) is 1.31. The molecule has 0 atom stereocenters. The van der Waals surface area contributed by atoms with Gasteiger partial charge in [-0.05, 0) is 0 Å². The highest BCUT2D eigenvalue weighted by Gasteiger charge is 2.03. The molecule has 0 fully saturated rings. The number of isocyanates is 1. The third-order valence-corrected chi connectivity index (χ3v) is 0.648. The van der Waals surface area contributed by atoms with Crippen LogP contribution in [0.2, 0.25) is 0 Å². The first-order valence-electron chi connectivity index (χ1n) is 2.56. The van der Waals surface area contributed by atoms with Crippen LogP contribution < -0.4 is 0 Å². The van der Waals surface area contributed by atoms with Crippen LogP contribution >= 0.6 is 0 Å². The predicted molar refractivity (Wildman–Crippen MR) is 32.8 cm³/mol. The third kappa shape index (κ3) is 4.65. The van der Waals surface area contributed by atoms with Crippen molar-refractivity contribution < 1.29 is 14.3 Å². The monoisotopic (exact) mass is 140 g/mol. The van der Waals surface area contributed by atoms with Crippen LogP contribution in [0.4, 0.5) is 0 Å². The summed E-state index contributed by atoms with van der Waals surface area (Å²) in [6.07, 6.45) is 2.10. The van der Waals surface area contributed by atoms with Gasteiger partial charge in [0, 0.05) is 0 Å². The SMILES string of the molecule is [CH+]=CC(=O)OCCN=C=O. The average Bonchev–Trinajstić information content (AvgIpc) is 1.98. The van der Waals surface area contributed by atoms with Gasteiger partial charge in [-0.25, -0.2) is 9.79 Å². The molecular formula is C6H6NO3+. The van der Waals surface area contributed by atoms with Gasteiger partial charge < -0.3 is 4.74 Å². The summed E-state index contributed by atoms with van der Waals surface area (Å²) < 4.78 is 4.40. The molecule has 0 N–H and O–H groups in total. The van der Waals surface area contributed by atoms with Crippen LogP contribution in [0.25, 0.3) is 0 Å². The molecule has 0 bridgehead atoms. The van der Waals surface area contributed by atoms with E-state index in [1.54, 1.807) is 0 Å². The van der Waals surface area contributed by atoms with Gasteiger partial charge >= 0.3 is 5.97 Å². The molecular weight excluding hydrogens is 134 g/mol. The van der Waals surface area contributed by atoms with Crippen LogP contribution in [-0.4, -0.2) is 25.2 Å². The number of hydrogen-bond donors (Lipinski definition) is 0.